The molecule has 5 heteroatoms. The minimum Gasteiger partial charge on any atom is -0.468 e. The van der Waals surface area contributed by atoms with Crippen LogP contribution in [0.1, 0.15) is 12.5 Å². The SMILES string of the molecule is COC(=O)C1NC[C@](OC)(c2ccccc2)OC1C. The number of morpholine rings is 1. The molecule has 2 rings (SSSR count). The van der Waals surface area contributed by atoms with Gasteiger partial charge in [0.05, 0.1) is 19.8 Å². The first-order chi connectivity index (χ1) is 9.13. The van der Waals surface area contributed by atoms with Crippen LogP contribution in [0.5, 0.6) is 0 Å². The van der Waals surface area contributed by atoms with Gasteiger partial charge < -0.3 is 14.2 Å². The summed E-state index contributed by atoms with van der Waals surface area (Å²) in [6.45, 7) is 2.21. The van der Waals surface area contributed by atoms with Crippen molar-refractivity contribution in [2.75, 3.05) is 20.8 Å². The number of hydrogen-bond donors (Lipinski definition) is 1. The molecule has 0 bridgehead atoms. The first kappa shape index (κ1) is 14.0. The van der Waals surface area contributed by atoms with E-state index in [0.717, 1.165) is 5.56 Å². The Labute approximate surface area is 112 Å². The molecule has 2 unspecified atom stereocenters. The van der Waals surface area contributed by atoms with Crippen LogP contribution in [-0.4, -0.2) is 38.9 Å². The van der Waals surface area contributed by atoms with E-state index in [4.69, 9.17) is 14.2 Å². The minimum atomic E-state index is -0.870. The molecule has 3 atom stereocenters. The molecule has 1 aromatic carbocycles. The summed E-state index contributed by atoms with van der Waals surface area (Å²) >= 11 is 0. The highest BCUT2D eigenvalue weighted by atomic mass is 16.7. The van der Waals surface area contributed by atoms with Crippen LogP contribution in [0, 0.1) is 0 Å². The molecule has 104 valence electrons. The predicted molar refractivity (Wildman–Crippen MR) is 69.5 cm³/mol. The predicted octanol–water partition coefficient (Wildman–Crippen LogP) is 1.04. The Hall–Kier alpha value is -1.43. The number of ether oxygens (including phenoxy) is 3. The van der Waals surface area contributed by atoms with E-state index < -0.39 is 11.8 Å². The van der Waals surface area contributed by atoms with Crippen molar-refractivity contribution < 1.29 is 19.0 Å². The van der Waals surface area contributed by atoms with Crippen molar-refractivity contribution in [1.29, 1.82) is 0 Å². The van der Waals surface area contributed by atoms with E-state index in [0.29, 0.717) is 6.54 Å². The molecule has 0 radical (unpaired) electrons. The zero-order chi connectivity index (χ0) is 13.9. The van der Waals surface area contributed by atoms with E-state index in [9.17, 15) is 4.79 Å². The Kier molecular flexibility index (Phi) is 4.19. The highest BCUT2D eigenvalue weighted by Crippen LogP contribution is 2.31. The van der Waals surface area contributed by atoms with Crippen molar-refractivity contribution >= 4 is 5.97 Å². The second-order valence-electron chi connectivity index (χ2n) is 4.53. The third-order valence-corrected chi connectivity index (χ3v) is 3.40. The average molecular weight is 265 g/mol. The minimum absolute atomic E-state index is 0.328. The van der Waals surface area contributed by atoms with E-state index >= 15 is 0 Å². The summed E-state index contributed by atoms with van der Waals surface area (Å²) < 4.78 is 16.3. The fraction of sp³-hybridized carbons (Fsp3) is 0.500. The fourth-order valence-electron chi connectivity index (χ4n) is 2.32. The van der Waals surface area contributed by atoms with E-state index in [-0.39, 0.29) is 12.1 Å². The molecule has 0 saturated carbocycles. The third kappa shape index (κ3) is 2.63. The summed E-state index contributed by atoms with van der Waals surface area (Å²) in [6, 6.07) is 9.20. The van der Waals surface area contributed by atoms with Gasteiger partial charge in [0.25, 0.3) is 0 Å². The molecule has 1 aromatic rings. The summed E-state index contributed by atoms with van der Waals surface area (Å²) in [7, 11) is 2.96. The van der Waals surface area contributed by atoms with Crippen LogP contribution < -0.4 is 5.32 Å². The number of methoxy groups -OCH3 is 2. The van der Waals surface area contributed by atoms with Crippen molar-refractivity contribution in [3.05, 3.63) is 35.9 Å². The summed E-state index contributed by atoms with van der Waals surface area (Å²) in [5.41, 5.74) is 0.917. The van der Waals surface area contributed by atoms with Gasteiger partial charge in [-0.15, -0.1) is 0 Å². The molecular weight excluding hydrogens is 246 g/mol. The normalized spacial score (nSPS) is 30.9. The molecule has 1 saturated heterocycles. The maximum Gasteiger partial charge on any atom is 0.325 e. The van der Waals surface area contributed by atoms with Crippen molar-refractivity contribution in [2.45, 2.75) is 24.9 Å². The molecule has 1 aliphatic rings. The number of nitrogens with one attached hydrogen (secondary N) is 1. The lowest BCUT2D eigenvalue weighted by Gasteiger charge is -2.42. The summed E-state index contributed by atoms with van der Waals surface area (Å²) in [6.07, 6.45) is -0.346. The van der Waals surface area contributed by atoms with Crippen molar-refractivity contribution in [2.24, 2.45) is 0 Å². The summed E-state index contributed by atoms with van der Waals surface area (Å²) in [5.74, 6) is -1.20. The molecule has 5 nitrogen and oxygen atoms in total. The standard InChI is InChI=1S/C14H19NO4/c1-10-12(13(16)17-2)15-9-14(18-3,19-10)11-7-5-4-6-8-11/h4-8,10,12,15H,9H2,1-3H3/t10?,12?,14-/m1/s1. The third-order valence-electron chi connectivity index (χ3n) is 3.40. The lowest BCUT2D eigenvalue weighted by Crippen LogP contribution is -2.60. The number of carbonyl (C=O) groups is 1. The second-order valence-corrected chi connectivity index (χ2v) is 4.53. The van der Waals surface area contributed by atoms with E-state index in [1.165, 1.54) is 7.11 Å². The molecule has 1 heterocycles. The topological polar surface area (TPSA) is 56.8 Å². The van der Waals surface area contributed by atoms with Gasteiger partial charge in [-0.3, -0.25) is 10.1 Å². The van der Waals surface area contributed by atoms with Gasteiger partial charge in [-0.05, 0) is 6.92 Å². The molecule has 0 spiro atoms. The summed E-state index contributed by atoms with van der Waals surface area (Å²) in [5, 5.41) is 3.14. The maximum absolute atomic E-state index is 11.6. The molecular formula is C14H19NO4. The Morgan fingerprint density at radius 3 is 2.58 bits per heavy atom. The van der Waals surface area contributed by atoms with Gasteiger partial charge in [0.2, 0.25) is 5.79 Å². The second kappa shape index (κ2) is 5.69. The monoisotopic (exact) mass is 265 g/mol. The smallest absolute Gasteiger partial charge is 0.325 e. The highest BCUT2D eigenvalue weighted by molar-refractivity contribution is 5.76. The lowest BCUT2D eigenvalue weighted by molar-refractivity contribution is -0.273. The van der Waals surface area contributed by atoms with Crippen LogP contribution in [0.3, 0.4) is 0 Å². The number of benzene rings is 1. The number of esters is 1. The van der Waals surface area contributed by atoms with E-state index in [2.05, 4.69) is 5.32 Å². The Bertz CT molecular complexity index is 436. The first-order valence-electron chi connectivity index (χ1n) is 6.22. The van der Waals surface area contributed by atoms with Gasteiger partial charge in [0.15, 0.2) is 0 Å². The number of rotatable bonds is 3. The Morgan fingerprint density at radius 2 is 2.05 bits per heavy atom. The van der Waals surface area contributed by atoms with Crippen LogP contribution in [-0.2, 0) is 24.8 Å². The van der Waals surface area contributed by atoms with Crippen molar-refractivity contribution in [1.82, 2.24) is 5.32 Å². The van der Waals surface area contributed by atoms with Gasteiger partial charge >= 0.3 is 5.97 Å². The molecule has 1 N–H and O–H groups in total. The Morgan fingerprint density at radius 1 is 1.37 bits per heavy atom. The van der Waals surface area contributed by atoms with Crippen LogP contribution >= 0.6 is 0 Å². The van der Waals surface area contributed by atoms with Crippen LogP contribution in [0.25, 0.3) is 0 Å². The quantitative estimate of drug-likeness (QED) is 0.827. The highest BCUT2D eigenvalue weighted by Gasteiger charge is 2.44. The molecule has 1 aliphatic heterocycles. The lowest BCUT2D eigenvalue weighted by atomic mass is 10.0. The van der Waals surface area contributed by atoms with Crippen LogP contribution in [0.4, 0.5) is 0 Å². The van der Waals surface area contributed by atoms with Crippen LogP contribution in [0.15, 0.2) is 30.3 Å². The molecule has 1 fully saturated rings. The van der Waals surface area contributed by atoms with E-state index in [1.54, 1.807) is 7.11 Å². The average Bonchev–Trinajstić information content (AvgIpc) is 2.47. The zero-order valence-corrected chi connectivity index (χ0v) is 11.4. The molecule has 0 aliphatic carbocycles. The van der Waals surface area contributed by atoms with Gasteiger partial charge in [0.1, 0.15) is 6.04 Å². The number of hydrogen-bond acceptors (Lipinski definition) is 5. The molecule has 0 aromatic heterocycles. The molecule has 0 amide bonds. The maximum atomic E-state index is 11.6. The largest absolute Gasteiger partial charge is 0.468 e. The Balaban J connectivity index is 2.21. The number of carbonyl (C=O) groups excluding carboxylic acids is 1. The van der Waals surface area contributed by atoms with E-state index in [1.807, 2.05) is 37.3 Å². The van der Waals surface area contributed by atoms with Crippen molar-refractivity contribution in [3.63, 3.8) is 0 Å². The first-order valence-corrected chi connectivity index (χ1v) is 6.22. The van der Waals surface area contributed by atoms with Gasteiger partial charge in [0, 0.05) is 12.7 Å². The van der Waals surface area contributed by atoms with Crippen LogP contribution in [0.2, 0.25) is 0 Å². The zero-order valence-electron chi connectivity index (χ0n) is 11.4. The van der Waals surface area contributed by atoms with Gasteiger partial charge in [-0.2, -0.15) is 0 Å². The molecule has 19 heavy (non-hydrogen) atoms. The fourth-order valence-corrected chi connectivity index (χ4v) is 2.32. The summed E-state index contributed by atoms with van der Waals surface area (Å²) in [4.78, 5) is 11.6. The van der Waals surface area contributed by atoms with Gasteiger partial charge in [-0.1, -0.05) is 30.3 Å². The van der Waals surface area contributed by atoms with Gasteiger partial charge in [-0.25, -0.2) is 0 Å². The van der Waals surface area contributed by atoms with Crippen molar-refractivity contribution in [3.8, 4) is 0 Å².